The smallest absolute Gasteiger partial charge is 0.259 e. The maximum absolute atomic E-state index is 13.1. The van der Waals surface area contributed by atoms with Crippen molar-refractivity contribution < 1.29 is 18.8 Å². The van der Waals surface area contributed by atoms with Gasteiger partial charge in [0, 0.05) is 6.07 Å². The highest BCUT2D eigenvalue weighted by Crippen LogP contribution is 2.29. The van der Waals surface area contributed by atoms with Crippen molar-refractivity contribution in [2.75, 3.05) is 12.4 Å². The Morgan fingerprint density at radius 3 is 2.45 bits per heavy atom. The van der Waals surface area contributed by atoms with Crippen LogP contribution in [0.2, 0.25) is 0 Å². The average molecular weight is 388 g/mol. The highest BCUT2D eigenvalue weighted by molar-refractivity contribution is 6.09. The van der Waals surface area contributed by atoms with E-state index < -0.39 is 0 Å². The third kappa shape index (κ3) is 4.06. The van der Waals surface area contributed by atoms with Crippen LogP contribution in [0.3, 0.4) is 0 Å². The van der Waals surface area contributed by atoms with Crippen molar-refractivity contribution in [2.45, 2.75) is 13.5 Å². The molecule has 0 spiro atoms. The Hall–Kier alpha value is -3.80. The van der Waals surface area contributed by atoms with Crippen LogP contribution in [0, 0.1) is 6.92 Å². The summed E-state index contributed by atoms with van der Waals surface area (Å²) in [5.74, 6) is 1.35. The van der Waals surface area contributed by atoms with Crippen molar-refractivity contribution >= 4 is 22.4 Å². The second kappa shape index (κ2) is 8.06. The largest absolute Gasteiger partial charge is 0.495 e. The van der Waals surface area contributed by atoms with Crippen molar-refractivity contribution in [1.29, 1.82) is 0 Å². The third-order valence-electron chi connectivity index (χ3n) is 4.49. The van der Waals surface area contributed by atoms with Gasteiger partial charge in [0.1, 0.15) is 18.1 Å². The van der Waals surface area contributed by atoms with Gasteiger partial charge in [-0.3, -0.25) is 4.79 Å². The highest BCUT2D eigenvalue weighted by Gasteiger charge is 2.17. The van der Waals surface area contributed by atoms with E-state index in [0.717, 1.165) is 16.5 Å². The minimum Gasteiger partial charge on any atom is -0.495 e. The van der Waals surface area contributed by atoms with E-state index in [0.29, 0.717) is 28.5 Å². The first kappa shape index (κ1) is 18.6. The molecule has 4 aromatic rings. The molecule has 0 aliphatic carbocycles. The number of aromatic nitrogens is 1. The first-order valence-electron chi connectivity index (χ1n) is 9.16. The van der Waals surface area contributed by atoms with E-state index >= 15 is 0 Å². The van der Waals surface area contributed by atoms with Gasteiger partial charge in [-0.2, -0.15) is 0 Å². The zero-order chi connectivity index (χ0) is 20.2. The first-order valence-corrected chi connectivity index (χ1v) is 9.16. The number of benzene rings is 3. The molecule has 0 unspecified atom stereocenters. The van der Waals surface area contributed by atoms with Gasteiger partial charge >= 0.3 is 0 Å². The number of nitrogens with zero attached hydrogens (tertiary/aromatic N) is 1. The van der Waals surface area contributed by atoms with E-state index in [1.165, 1.54) is 0 Å². The SMILES string of the molecule is COc1ccccc1NC(=O)c1cc2ccccc2cc1OCc1cc(C)no1. The fourth-order valence-electron chi connectivity index (χ4n) is 3.09. The van der Waals surface area contributed by atoms with Crippen LogP contribution in [0.1, 0.15) is 21.8 Å². The summed E-state index contributed by atoms with van der Waals surface area (Å²) < 4.78 is 16.5. The lowest BCUT2D eigenvalue weighted by molar-refractivity contribution is 0.102. The molecule has 6 nitrogen and oxygen atoms in total. The molecule has 0 saturated heterocycles. The average Bonchev–Trinajstić information content (AvgIpc) is 3.17. The number of anilines is 1. The minimum atomic E-state index is -0.288. The van der Waals surface area contributed by atoms with E-state index in [-0.39, 0.29) is 12.5 Å². The summed E-state index contributed by atoms with van der Waals surface area (Å²) in [5.41, 5.74) is 1.78. The molecule has 6 heteroatoms. The molecule has 0 bridgehead atoms. The van der Waals surface area contributed by atoms with Gasteiger partial charge in [0.2, 0.25) is 0 Å². The van der Waals surface area contributed by atoms with Crippen molar-refractivity contribution in [3.05, 3.63) is 83.7 Å². The molecule has 4 rings (SSSR count). The molecule has 1 amide bonds. The van der Waals surface area contributed by atoms with E-state index in [9.17, 15) is 4.79 Å². The number of aryl methyl sites for hydroxylation is 1. The third-order valence-corrected chi connectivity index (χ3v) is 4.49. The van der Waals surface area contributed by atoms with Crippen LogP contribution in [-0.4, -0.2) is 18.2 Å². The summed E-state index contributed by atoms with van der Waals surface area (Å²) in [7, 11) is 1.56. The summed E-state index contributed by atoms with van der Waals surface area (Å²) in [4.78, 5) is 13.1. The Bertz CT molecular complexity index is 1170. The Labute approximate surface area is 168 Å². The predicted molar refractivity (Wildman–Crippen MR) is 110 cm³/mol. The number of fused-ring (bicyclic) bond motifs is 1. The van der Waals surface area contributed by atoms with Crippen molar-refractivity contribution in [3.63, 3.8) is 0 Å². The normalized spacial score (nSPS) is 10.7. The van der Waals surface area contributed by atoms with Crippen LogP contribution in [-0.2, 0) is 6.61 Å². The van der Waals surface area contributed by atoms with Crippen molar-refractivity contribution in [2.24, 2.45) is 0 Å². The summed E-state index contributed by atoms with van der Waals surface area (Å²) in [6, 6.07) is 20.5. The summed E-state index contributed by atoms with van der Waals surface area (Å²) in [6.45, 7) is 2.02. The number of hydrogen-bond acceptors (Lipinski definition) is 5. The number of amides is 1. The molecule has 3 aromatic carbocycles. The number of carbonyl (C=O) groups is 1. The van der Waals surface area contributed by atoms with Gasteiger partial charge in [-0.05, 0) is 42.0 Å². The number of carbonyl (C=O) groups excluding carboxylic acids is 1. The summed E-state index contributed by atoms with van der Waals surface area (Å²) in [6.07, 6.45) is 0. The topological polar surface area (TPSA) is 73.6 Å². The molecule has 0 aliphatic rings. The monoisotopic (exact) mass is 388 g/mol. The Morgan fingerprint density at radius 1 is 1.00 bits per heavy atom. The summed E-state index contributed by atoms with van der Waals surface area (Å²) in [5, 5.41) is 8.69. The van der Waals surface area contributed by atoms with Gasteiger partial charge in [-0.15, -0.1) is 0 Å². The highest BCUT2D eigenvalue weighted by atomic mass is 16.5. The fourth-order valence-corrected chi connectivity index (χ4v) is 3.09. The molecular weight excluding hydrogens is 368 g/mol. The van der Waals surface area contributed by atoms with E-state index in [4.69, 9.17) is 14.0 Å². The number of rotatable bonds is 6. The summed E-state index contributed by atoms with van der Waals surface area (Å²) >= 11 is 0. The Balaban J connectivity index is 1.67. The van der Waals surface area contributed by atoms with Crippen LogP contribution in [0.15, 0.2) is 71.3 Å². The van der Waals surface area contributed by atoms with Crippen LogP contribution in [0.5, 0.6) is 11.5 Å². The van der Waals surface area contributed by atoms with Crippen LogP contribution < -0.4 is 14.8 Å². The van der Waals surface area contributed by atoms with Crippen LogP contribution in [0.25, 0.3) is 10.8 Å². The number of hydrogen-bond donors (Lipinski definition) is 1. The Morgan fingerprint density at radius 2 is 1.72 bits per heavy atom. The number of para-hydroxylation sites is 2. The zero-order valence-corrected chi connectivity index (χ0v) is 16.1. The van der Waals surface area contributed by atoms with Gasteiger partial charge in [-0.25, -0.2) is 0 Å². The Kier molecular flexibility index (Phi) is 5.16. The molecule has 0 radical (unpaired) electrons. The van der Waals surface area contributed by atoms with E-state index in [1.807, 2.05) is 55.5 Å². The standard InChI is InChI=1S/C23H20N2O4/c1-15-11-18(29-25-15)14-28-22-13-17-8-4-3-7-16(17)12-19(22)23(26)24-20-9-5-6-10-21(20)27-2/h3-13H,14H2,1-2H3,(H,24,26). The second-order valence-electron chi connectivity index (χ2n) is 6.57. The predicted octanol–water partition coefficient (Wildman–Crippen LogP) is 4.98. The second-order valence-corrected chi connectivity index (χ2v) is 6.57. The van der Waals surface area contributed by atoms with Gasteiger partial charge in [-0.1, -0.05) is 41.6 Å². The van der Waals surface area contributed by atoms with Crippen LogP contribution >= 0.6 is 0 Å². The maximum Gasteiger partial charge on any atom is 0.259 e. The molecule has 0 aliphatic heterocycles. The number of nitrogens with one attached hydrogen (secondary N) is 1. The lowest BCUT2D eigenvalue weighted by Crippen LogP contribution is -2.14. The first-order chi connectivity index (χ1) is 14.1. The molecule has 1 N–H and O–H groups in total. The van der Waals surface area contributed by atoms with Gasteiger partial charge in [0.25, 0.3) is 5.91 Å². The van der Waals surface area contributed by atoms with Gasteiger partial charge in [0.15, 0.2) is 5.76 Å². The molecule has 1 heterocycles. The van der Waals surface area contributed by atoms with Crippen molar-refractivity contribution in [1.82, 2.24) is 5.16 Å². The quantitative estimate of drug-likeness (QED) is 0.504. The molecule has 0 saturated carbocycles. The minimum absolute atomic E-state index is 0.175. The van der Waals surface area contributed by atoms with E-state index in [2.05, 4.69) is 10.5 Å². The molecular formula is C23H20N2O4. The molecule has 0 fully saturated rings. The fraction of sp³-hybridized carbons (Fsp3) is 0.130. The van der Waals surface area contributed by atoms with Gasteiger partial charge < -0.3 is 19.3 Å². The number of methoxy groups -OCH3 is 1. The molecule has 0 atom stereocenters. The van der Waals surface area contributed by atoms with Crippen LogP contribution in [0.4, 0.5) is 5.69 Å². The lowest BCUT2D eigenvalue weighted by Gasteiger charge is -2.14. The maximum atomic E-state index is 13.1. The molecule has 29 heavy (non-hydrogen) atoms. The van der Waals surface area contributed by atoms with Gasteiger partial charge in [0.05, 0.1) is 24.1 Å². The molecule has 146 valence electrons. The molecule has 1 aromatic heterocycles. The van der Waals surface area contributed by atoms with Crippen molar-refractivity contribution in [3.8, 4) is 11.5 Å². The number of ether oxygens (including phenoxy) is 2. The zero-order valence-electron chi connectivity index (χ0n) is 16.1. The van der Waals surface area contributed by atoms with E-state index in [1.54, 1.807) is 25.3 Å². The lowest BCUT2D eigenvalue weighted by atomic mass is 10.1.